The molecule has 0 aliphatic carbocycles. The molecule has 1 aliphatic rings. The smallest absolute Gasteiger partial charge is 0.227 e. The Hall–Kier alpha value is -1.55. The summed E-state index contributed by atoms with van der Waals surface area (Å²) in [6.07, 6.45) is 2.03. The van der Waals surface area contributed by atoms with E-state index < -0.39 is 0 Å². The summed E-state index contributed by atoms with van der Waals surface area (Å²) in [5, 5.41) is 12.7. The molecule has 0 aromatic heterocycles. The molecule has 18 heavy (non-hydrogen) atoms. The number of nitrogens with zero attached hydrogens (tertiary/aromatic N) is 1. The normalized spacial score (nSPS) is 19.5. The Kier molecular flexibility index (Phi) is 4.20. The predicted molar refractivity (Wildman–Crippen MR) is 70.2 cm³/mol. The molecule has 0 radical (unpaired) electrons. The van der Waals surface area contributed by atoms with Crippen LogP contribution in [0.3, 0.4) is 0 Å². The van der Waals surface area contributed by atoms with Gasteiger partial charge in [-0.05, 0) is 37.1 Å². The Morgan fingerprint density at radius 1 is 1.56 bits per heavy atom. The maximum Gasteiger partial charge on any atom is 0.227 e. The number of piperidine rings is 1. The van der Waals surface area contributed by atoms with Gasteiger partial charge in [0.05, 0.1) is 5.92 Å². The van der Waals surface area contributed by atoms with Crippen molar-refractivity contribution in [1.82, 2.24) is 10.2 Å². The molecular weight excluding hydrogens is 228 g/mol. The minimum atomic E-state index is 0.0982. The molecule has 1 fully saturated rings. The summed E-state index contributed by atoms with van der Waals surface area (Å²) in [6.45, 7) is 2.34. The van der Waals surface area contributed by atoms with E-state index >= 15 is 0 Å². The van der Waals surface area contributed by atoms with E-state index in [0.29, 0.717) is 6.54 Å². The molecule has 0 unspecified atom stereocenters. The van der Waals surface area contributed by atoms with E-state index in [0.717, 1.165) is 31.5 Å². The molecule has 98 valence electrons. The van der Waals surface area contributed by atoms with E-state index in [2.05, 4.69) is 5.32 Å². The first-order valence-corrected chi connectivity index (χ1v) is 6.40. The van der Waals surface area contributed by atoms with E-state index in [9.17, 15) is 9.90 Å². The van der Waals surface area contributed by atoms with Crippen molar-refractivity contribution in [1.29, 1.82) is 0 Å². The third-order valence-electron chi connectivity index (χ3n) is 3.35. The molecule has 4 heteroatoms. The Morgan fingerprint density at radius 3 is 3.06 bits per heavy atom. The van der Waals surface area contributed by atoms with Crippen molar-refractivity contribution in [3.05, 3.63) is 29.8 Å². The zero-order chi connectivity index (χ0) is 13.0. The van der Waals surface area contributed by atoms with E-state index in [1.165, 1.54) is 0 Å². The minimum absolute atomic E-state index is 0.0982. The van der Waals surface area contributed by atoms with Gasteiger partial charge in [-0.3, -0.25) is 4.79 Å². The average Bonchev–Trinajstić information content (AvgIpc) is 2.39. The van der Waals surface area contributed by atoms with Gasteiger partial charge in [-0.2, -0.15) is 0 Å². The molecule has 1 aromatic rings. The van der Waals surface area contributed by atoms with Crippen molar-refractivity contribution in [3.8, 4) is 5.75 Å². The number of benzene rings is 1. The first-order valence-electron chi connectivity index (χ1n) is 6.40. The molecule has 1 saturated heterocycles. The van der Waals surface area contributed by atoms with Crippen LogP contribution in [-0.2, 0) is 11.3 Å². The molecule has 4 nitrogen and oxygen atoms in total. The molecule has 1 atom stereocenters. The molecule has 0 bridgehead atoms. The van der Waals surface area contributed by atoms with Gasteiger partial charge in [-0.1, -0.05) is 12.1 Å². The van der Waals surface area contributed by atoms with Gasteiger partial charge in [0.15, 0.2) is 0 Å². The first kappa shape index (κ1) is 12.9. The maximum atomic E-state index is 12.2. The van der Waals surface area contributed by atoms with Gasteiger partial charge in [0, 0.05) is 20.1 Å². The number of phenolic OH excluding ortho intramolecular Hbond substituents is 1. The van der Waals surface area contributed by atoms with Crippen molar-refractivity contribution in [2.75, 3.05) is 20.1 Å². The monoisotopic (exact) mass is 248 g/mol. The molecule has 0 spiro atoms. The number of amides is 1. The Bertz CT molecular complexity index is 414. The Balaban J connectivity index is 1.94. The SMILES string of the molecule is CN(Cc1cccc(O)c1)C(=O)[C@@H]1CCCNC1. The Labute approximate surface area is 108 Å². The van der Waals surface area contributed by atoms with E-state index in [1.807, 2.05) is 13.1 Å². The summed E-state index contributed by atoms with van der Waals surface area (Å²) < 4.78 is 0. The Morgan fingerprint density at radius 2 is 2.39 bits per heavy atom. The number of nitrogens with one attached hydrogen (secondary N) is 1. The highest BCUT2D eigenvalue weighted by Crippen LogP contribution is 2.16. The highest BCUT2D eigenvalue weighted by molar-refractivity contribution is 5.78. The molecule has 2 rings (SSSR count). The molecule has 1 aromatic carbocycles. The van der Waals surface area contributed by atoms with E-state index in [4.69, 9.17) is 0 Å². The average molecular weight is 248 g/mol. The number of hydrogen-bond donors (Lipinski definition) is 2. The molecule has 1 aliphatic heterocycles. The van der Waals surface area contributed by atoms with Crippen molar-refractivity contribution in [2.24, 2.45) is 5.92 Å². The quantitative estimate of drug-likeness (QED) is 0.849. The molecule has 1 amide bonds. The molecule has 2 N–H and O–H groups in total. The van der Waals surface area contributed by atoms with Crippen molar-refractivity contribution < 1.29 is 9.90 Å². The number of phenols is 1. The van der Waals surface area contributed by atoms with Crippen LogP contribution in [0.25, 0.3) is 0 Å². The maximum absolute atomic E-state index is 12.2. The largest absolute Gasteiger partial charge is 0.508 e. The van der Waals surface area contributed by atoms with Crippen molar-refractivity contribution in [3.63, 3.8) is 0 Å². The summed E-state index contributed by atoms with van der Waals surface area (Å²) in [6, 6.07) is 7.05. The lowest BCUT2D eigenvalue weighted by Gasteiger charge is -2.27. The van der Waals surface area contributed by atoms with Gasteiger partial charge in [0.1, 0.15) is 5.75 Å². The fourth-order valence-corrected chi connectivity index (χ4v) is 2.38. The minimum Gasteiger partial charge on any atom is -0.508 e. The number of carbonyl (C=O) groups is 1. The second kappa shape index (κ2) is 5.87. The highest BCUT2D eigenvalue weighted by Gasteiger charge is 2.23. The summed E-state index contributed by atoms with van der Waals surface area (Å²) >= 11 is 0. The van der Waals surface area contributed by atoms with Crippen LogP contribution < -0.4 is 5.32 Å². The fourth-order valence-electron chi connectivity index (χ4n) is 2.38. The second-order valence-corrected chi connectivity index (χ2v) is 4.91. The van der Waals surface area contributed by atoms with E-state index in [-0.39, 0.29) is 17.6 Å². The number of rotatable bonds is 3. The van der Waals surface area contributed by atoms with Crippen LogP contribution in [0, 0.1) is 5.92 Å². The summed E-state index contributed by atoms with van der Waals surface area (Å²) in [5.74, 6) is 0.527. The lowest BCUT2D eigenvalue weighted by Crippen LogP contribution is -2.41. The zero-order valence-electron chi connectivity index (χ0n) is 10.7. The lowest BCUT2D eigenvalue weighted by atomic mass is 9.98. The van der Waals surface area contributed by atoms with Gasteiger partial charge < -0.3 is 15.3 Å². The summed E-state index contributed by atoms with van der Waals surface area (Å²) in [5.41, 5.74) is 0.953. The van der Waals surface area contributed by atoms with Crippen LogP contribution in [0.2, 0.25) is 0 Å². The predicted octanol–water partition coefficient (Wildman–Crippen LogP) is 1.35. The number of carbonyl (C=O) groups excluding carboxylic acids is 1. The van der Waals surface area contributed by atoms with Gasteiger partial charge in [0.25, 0.3) is 0 Å². The second-order valence-electron chi connectivity index (χ2n) is 4.91. The van der Waals surface area contributed by atoms with Crippen molar-refractivity contribution in [2.45, 2.75) is 19.4 Å². The third kappa shape index (κ3) is 3.23. The molecule has 0 saturated carbocycles. The van der Waals surface area contributed by atoms with Gasteiger partial charge in [0.2, 0.25) is 5.91 Å². The zero-order valence-corrected chi connectivity index (χ0v) is 10.7. The first-order chi connectivity index (χ1) is 8.66. The van der Waals surface area contributed by atoms with Crippen LogP contribution in [0.15, 0.2) is 24.3 Å². The number of hydrogen-bond acceptors (Lipinski definition) is 3. The topological polar surface area (TPSA) is 52.6 Å². The van der Waals surface area contributed by atoms with Crippen LogP contribution in [-0.4, -0.2) is 36.1 Å². The van der Waals surface area contributed by atoms with Crippen LogP contribution in [0.1, 0.15) is 18.4 Å². The van der Waals surface area contributed by atoms with Crippen molar-refractivity contribution >= 4 is 5.91 Å². The third-order valence-corrected chi connectivity index (χ3v) is 3.35. The van der Waals surface area contributed by atoms with Crippen LogP contribution in [0.4, 0.5) is 0 Å². The standard InChI is InChI=1S/C14H20N2O2/c1-16(10-11-4-2-6-13(17)8-11)14(18)12-5-3-7-15-9-12/h2,4,6,8,12,15,17H,3,5,7,9-10H2,1H3/t12-/m1/s1. The van der Waals surface area contributed by atoms with Gasteiger partial charge in [-0.25, -0.2) is 0 Å². The molecular formula is C14H20N2O2. The lowest BCUT2D eigenvalue weighted by molar-refractivity contribution is -0.135. The highest BCUT2D eigenvalue weighted by atomic mass is 16.3. The van der Waals surface area contributed by atoms with Gasteiger partial charge >= 0.3 is 0 Å². The summed E-state index contributed by atoms with van der Waals surface area (Å²) in [4.78, 5) is 14.0. The molecule has 1 heterocycles. The fraction of sp³-hybridized carbons (Fsp3) is 0.500. The number of aromatic hydroxyl groups is 1. The van der Waals surface area contributed by atoms with Crippen LogP contribution >= 0.6 is 0 Å². The summed E-state index contributed by atoms with van der Waals surface area (Å²) in [7, 11) is 1.82. The van der Waals surface area contributed by atoms with Gasteiger partial charge in [-0.15, -0.1) is 0 Å². The van der Waals surface area contributed by atoms with Crippen LogP contribution in [0.5, 0.6) is 5.75 Å². The van der Waals surface area contributed by atoms with E-state index in [1.54, 1.807) is 23.1 Å².